The number of rotatable bonds is 5. The van der Waals surface area contributed by atoms with Crippen molar-refractivity contribution in [3.8, 4) is 0 Å². The molecule has 0 aliphatic carbocycles. The van der Waals surface area contributed by atoms with Crippen LogP contribution < -0.4 is 10.6 Å². The van der Waals surface area contributed by atoms with Gasteiger partial charge in [0, 0.05) is 38.6 Å². The highest BCUT2D eigenvalue weighted by atomic mass is 32.2. The van der Waals surface area contributed by atoms with Crippen molar-refractivity contribution in [3.63, 3.8) is 0 Å². The SMILES string of the molecule is CCS(=O)(=O)N1CCCC(C(=O)NCC2CNCC2O)C1. The highest BCUT2D eigenvalue weighted by molar-refractivity contribution is 7.89. The number of amides is 1. The second kappa shape index (κ2) is 7.04. The van der Waals surface area contributed by atoms with Crippen LogP contribution in [0, 0.1) is 11.8 Å². The maximum atomic E-state index is 12.2. The standard InChI is InChI=1S/C13H25N3O4S/c1-2-21(19,20)16-5-3-4-10(9-16)13(18)15-7-11-6-14-8-12(11)17/h10-12,14,17H,2-9H2,1H3,(H,15,18). The first-order chi connectivity index (χ1) is 9.94. The molecule has 21 heavy (non-hydrogen) atoms. The first-order valence-electron chi connectivity index (χ1n) is 7.58. The molecule has 0 aromatic carbocycles. The molecule has 2 fully saturated rings. The van der Waals surface area contributed by atoms with E-state index < -0.39 is 16.1 Å². The minimum Gasteiger partial charge on any atom is -0.391 e. The lowest BCUT2D eigenvalue weighted by atomic mass is 9.98. The maximum Gasteiger partial charge on any atom is 0.224 e. The molecule has 3 unspecified atom stereocenters. The number of aliphatic hydroxyl groups excluding tert-OH is 1. The topological polar surface area (TPSA) is 98.7 Å². The van der Waals surface area contributed by atoms with E-state index in [1.807, 2.05) is 0 Å². The van der Waals surface area contributed by atoms with Gasteiger partial charge in [0.15, 0.2) is 0 Å². The molecule has 2 aliphatic rings. The van der Waals surface area contributed by atoms with Crippen molar-refractivity contribution < 1.29 is 18.3 Å². The van der Waals surface area contributed by atoms with Crippen LogP contribution in [0.15, 0.2) is 0 Å². The Morgan fingerprint density at radius 3 is 2.81 bits per heavy atom. The summed E-state index contributed by atoms with van der Waals surface area (Å²) in [5, 5.41) is 15.6. The molecule has 2 aliphatic heterocycles. The minimum atomic E-state index is -3.22. The third-order valence-corrected chi connectivity index (χ3v) is 6.20. The van der Waals surface area contributed by atoms with Gasteiger partial charge in [0.05, 0.1) is 17.8 Å². The van der Waals surface area contributed by atoms with E-state index in [1.165, 1.54) is 4.31 Å². The van der Waals surface area contributed by atoms with Crippen molar-refractivity contribution in [1.82, 2.24) is 14.9 Å². The number of aliphatic hydroxyl groups is 1. The summed E-state index contributed by atoms with van der Waals surface area (Å²) in [5.41, 5.74) is 0. The zero-order chi connectivity index (χ0) is 15.5. The number of carbonyl (C=O) groups excluding carboxylic acids is 1. The van der Waals surface area contributed by atoms with Gasteiger partial charge < -0.3 is 15.7 Å². The van der Waals surface area contributed by atoms with E-state index in [2.05, 4.69) is 10.6 Å². The van der Waals surface area contributed by atoms with Crippen molar-refractivity contribution in [1.29, 1.82) is 0 Å². The van der Waals surface area contributed by atoms with Gasteiger partial charge in [0.2, 0.25) is 15.9 Å². The van der Waals surface area contributed by atoms with E-state index >= 15 is 0 Å². The largest absolute Gasteiger partial charge is 0.391 e. The van der Waals surface area contributed by atoms with Gasteiger partial charge in [-0.1, -0.05) is 0 Å². The zero-order valence-electron chi connectivity index (χ0n) is 12.4. The minimum absolute atomic E-state index is 0.0352. The Hall–Kier alpha value is -0.700. The Labute approximate surface area is 126 Å². The van der Waals surface area contributed by atoms with Crippen molar-refractivity contribution in [2.45, 2.75) is 25.9 Å². The quantitative estimate of drug-likeness (QED) is 0.588. The summed E-state index contributed by atoms with van der Waals surface area (Å²) >= 11 is 0. The first kappa shape index (κ1) is 16.7. The second-order valence-electron chi connectivity index (χ2n) is 5.83. The highest BCUT2D eigenvalue weighted by Crippen LogP contribution is 2.20. The number of piperidine rings is 1. The Bertz CT molecular complexity index is 468. The number of sulfonamides is 1. The smallest absolute Gasteiger partial charge is 0.224 e. The van der Waals surface area contributed by atoms with Crippen LogP contribution in [0.4, 0.5) is 0 Å². The monoisotopic (exact) mass is 319 g/mol. The predicted octanol–water partition coefficient (Wildman–Crippen LogP) is -1.26. The fourth-order valence-corrected chi connectivity index (χ4v) is 4.07. The Kier molecular flexibility index (Phi) is 5.59. The summed E-state index contributed by atoms with van der Waals surface area (Å²) in [6.45, 7) is 4.09. The lowest BCUT2D eigenvalue weighted by Crippen LogP contribution is -2.47. The van der Waals surface area contributed by atoms with E-state index in [9.17, 15) is 18.3 Å². The Morgan fingerprint density at radius 2 is 2.19 bits per heavy atom. The van der Waals surface area contributed by atoms with Crippen LogP contribution in [-0.2, 0) is 14.8 Å². The van der Waals surface area contributed by atoms with Gasteiger partial charge in [-0.3, -0.25) is 4.79 Å². The first-order valence-corrected chi connectivity index (χ1v) is 9.19. The van der Waals surface area contributed by atoms with E-state index in [0.29, 0.717) is 39.0 Å². The Morgan fingerprint density at radius 1 is 1.43 bits per heavy atom. The number of nitrogens with zero attached hydrogens (tertiary/aromatic N) is 1. The number of β-amino-alcohol motifs (C(OH)–C–C–N with tert-alkyl or cyclic N) is 1. The fraction of sp³-hybridized carbons (Fsp3) is 0.923. The van der Waals surface area contributed by atoms with Crippen LogP contribution in [0.3, 0.4) is 0 Å². The second-order valence-corrected chi connectivity index (χ2v) is 8.09. The molecule has 8 heteroatoms. The molecule has 0 radical (unpaired) electrons. The average Bonchev–Trinajstić information content (AvgIpc) is 2.90. The molecular weight excluding hydrogens is 294 g/mol. The molecule has 0 aromatic rings. The van der Waals surface area contributed by atoms with Crippen LogP contribution in [0.25, 0.3) is 0 Å². The summed E-state index contributed by atoms with van der Waals surface area (Å²) in [6, 6.07) is 0. The molecule has 0 spiro atoms. The summed E-state index contributed by atoms with van der Waals surface area (Å²) in [7, 11) is -3.22. The van der Waals surface area contributed by atoms with Crippen molar-refractivity contribution in [3.05, 3.63) is 0 Å². The van der Waals surface area contributed by atoms with E-state index in [0.717, 1.165) is 0 Å². The van der Waals surface area contributed by atoms with Crippen LogP contribution in [0.1, 0.15) is 19.8 Å². The molecule has 2 heterocycles. The number of carbonyl (C=O) groups is 1. The summed E-state index contributed by atoms with van der Waals surface area (Å²) in [6.07, 6.45) is 1.01. The molecule has 0 aromatic heterocycles. The van der Waals surface area contributed by atoms with Crippen LogP contribution in [-0.4, -0.2) is 68.3 Å². The molecule has 2 saturated heterocycles. The van der Waals surface area contributed by atoms with Gasteiger partial charge in [0.1, 0.15) is 0 Å². The van der Waals surface area contributed by atoms with Crippen molar-refractivity contribution in [2.24, 2.45) is 11.8 Å². The van der Waals surface area contributed by atoms with E-state index in [4.69, 9.17) is 0 Å². The van der Waals surface area contributed by atoms with Gasteiger partial charge in [-0.05, 0) is 19.8 Å². The number of hydrogen-bond donors (Lipinski definition) is 3. The zero-order valence-corrected chi connectivity index (χ0v) is 13.2. The molecule has 3 N–H and O–H groups in total. The summed E-state index contributed by atoms with van der Waals surface area (Å²) in [4.78, 5) is 12.2. The molecule has 7 nitrogen and oxygen atoms in total. The molecular formula is C13H25N3O4S. The van der Waals surface area contributed by atoms with Gasteiger partial charge in [-0.25, -0.2) is 12.7 Å². The predicted molar refractivity (Wildman–Crippen MR) is 79.1 cm³/mol. The summed E-state index contributed by atoms with van der Waals surface area (Å²) in [5.74, 6) is -0.286. The molecule has 3 atom stereocenters. The Balaban J connectivity index is 1.84. The summed E-state index contributed by atoms with van der Waals surface area (Å²) < 4.78 is 25.2. The molecule has 1 amide bonds. The van der Waals surface area contributed by atoms with Crippen molar-refractivity contribution >= 4 is 15.9 Å². The molecule has 122 valence electrons. The van der Waals surface area contributed by atoms with Crippen LogP contribution >= 0.6 is 0 Å². The van der Waals surface area contributed by atoms with Gasteiger partial charge in [-0.15, -0.1) is 0 Å². The fourth-order valence-electron chi connectivity index (χ4n) is 2.90. The van der Waals surface area contributed by atoms with Gasteiger partial charge in [-0.2, -0.15) is 0 Å². The van der Waals surface area contributed by atoms with E-state index in [-0.39, 0.29) is 30.0 Å². The number of hydrogen-bond acceptors (Lipinski definition) is 5. The molecule has 2 rings (SSSR count). The lowest BCUT2D eigenvalue weighted by Gasteiger charge is -2.31. The third kappa shape index (κ3) is 4.15. The average molecular weight is 319 g/mol. The van der Waals surface area contributed by atoms with Crippen LogP contribution in [0.2, 0.25) is 0 Å². The highest BCUT2D eigenvalue weighted by Gasteiger charge is 2.32. The molecule has 0 saturated carbocycles. The maximum absolute atomic E-state index is 12.2. The number of nitrogens with one attached hydrogen (secondary N) is 2. The van der Waals surface area contributed by atoms with Crippen molar-refractivity contribution in [2.75, 3.05) is 38.5 Å². The van der Waals surface area contributed by atoms with Gasteiger partial charge >= 0.3 is 0 Å². The third-order valence-electron chi connectivity index (χ3n) is 4.36. The van der Waals surface area contributed by atoms with Gasteiger partial charge in [0.25, 0.3) is 0 Å². The van der Waals surface area contributed by atoms with Crippen LogP contribution in [0.5, 0.6) is 0 Å². The normalized spacial score (nSPS) is 31.2. The lowest BCUT2D eigenvalue weighted by molar-refractivity contribution is -0.126. The van der Waals surface area contributed by atoms with E-state index in [1.54, 1.807) is 6.92 Å². The molecule has 0 bridgehead atoms.